The Morgan fingerprint density at radius 3 is 3.00 bits per heavy atom. The van der Waals surface area contributed by atoms with Crippen LogP contribution in [0.25, 0.3) is 11.0 Å². The number of phenols is 1. The van der Waals surface area contributed by atoms with E-state index in [-0.39, 0.29) is 12.1 Å². The molecule has 0 unspecified atom stereocenters. The van der Waals surface area contributed by atoms with Gasteiger partial charge >= 0.3 is 0 Å². The van der Waals surface area contributed by atoms with Crippen molar-refractivity contribution in [2.24, 2.45) is 5.92 Å². The zero-order valence-electron chi connectivity index (χ0n) is 17.4. The first-order valence-corrected chi connectivity index (χ1v) is 11.6. The Labute approximate surface area is 180 Å². The molecular formula is C25H26N4O2. The van der Waals surface area contributed by atoms with Gasteiger partial charge in [-0.25, -0.2) is 4.98 Å². The predicted molar refractivity (Wildman–Crippen MR) is 117 cm³/mol. The summed E-state index contributed by atoms with van der Waals surface area (Å²) in [5.41, 5.74) is 5.20. The topological polar surface area (TPSA) is 84.4 Å². The Morgan fingerprint density at radius 2 is 2.13 bits per heavy atom. The van der Waals surface area contributed by atoms with Gasteiger partial charge in [0.25, 0.3) is 0 Å². The molecule has 3 aromatic rings. The average molecular weight is 415 g/mol. The van der Waals surface area contributed by atoms with Gasteiger partial charge in [0.05, 0.1) is 22.7 Å². The summed E-state index contributed by atoms with van der Waals surface area (Å²) in [6, 6.07) is 8.04. The van der Waals surface area contributed by atoms with E-state index in [1.165, 1.54) is 29.5 Å². The van der Waals surface area contributed by atoms with Crippen molar-refractivity contribution in [1.82, 2.24) is 14.9 Å². The number of aromatic nitrogens is 2. The van der Waals surface area contributed by atoms with Crippen LogP contribution in [0.4, 0.5) is 5.69 Å². The Morgan fingerprint density at radius 1 is 1.23 bits per heavy atom. The highest BCUT2D eigenvalue weighted by Gasteiger charge is 2.71. The molecule has 1 saturated carbocycles. The molecule has 1 spiro atoms. The molecule has 2 aromatic heterocycles. The second-order valence-corrected chi connectivity index (χ2v) is 10.5. The van der Waals surface area contributed by atoms with Gasteiger partial charge in [0.2, 0.25) is 0 Å². The van der Waals surface area contributed by atoms with Crippen LogP contribution in [0.3, 0.4) is 0 Å². The molecule has 0 amide bonds. The lowest BCUT2D eigenvalue weighted by molar-refractivity contribution is -0.155. The van der Waals surface area contributed by atoms with Crippen LogP contribution in [-0.4, -0.2) is 49.8 Å². The number of pyridine rings is 1. The number of nitrogens with zero attached hydrogens (tertiary/aromatic N) is 2. The lowest BCUT2D eigenvalue weighted by atomic mass is 9.48. The van der Waals surface area contributed by atoms with Crippen molar-refractivity contribution >= 4 is 16.7 Å². The maximum atomic E-state index is 12.7. The van der Waals surface area contributed by atoms with Crippen LogP contribution in [0.5, 0.6) is 5.75 Å². The van der Waals surface area contributed by atoms with Gasteiger partial charge in [-0.3, -0.25) is 4.90 Å². The van der Waals surface area contributed by atoms with E-state index in [1.54, 1.807) is 0 Å². The van der Waals surface area contributed by atoms with Gasteiger partial charge in [-0.05, 0) is 73.0 Å². The fourth-order valence-corrected chi connectivity index (χ4v) is 7.65. The molecule has 1 aromatic carbocycles. The van der Waals surface area contributed by atoms with E-state index in [2.05, 4.69) is 32.3 Å². The standard InChI is InChI=1S/C25H26N4O2/c30-17-6-5-14-10-18-25(31)11-16-15-2-1-8-26-23(15)28-20(16)22-24(25,19(14)21(17)27-22)7-9-29(18)12-13-3-4-13/h1-2,5-6,8,13,18,22,27,30-31H,3-4,7,9-12H2,(H,26,28)/t18-,22-,24-,25+/m0/s1. The second kappa shape index (κ2) is 5.25. The van der Waals surface area contributed by atoms with E-state index in [9.17, 15) is 10.2 Å². The fourth-order valence-electron chi connectivity index (χ4n) is 7.65. The number of anilines is 1. The van der Waals surface area contributed by atoms with E-state index in [0.717, 1.165) is 54.3 Å². The van der Waals surface area contributed by atoms with Crippen molar-refractivity contribution < 1.29 is 10.2 Å². The molecule has 5 aliphatic rings. The lowest BCUT2D eigenvalue weighted by Crippen LogP contribution is -2.74. The van der Waals surface area contributed by atoms with Crippen LogP contribution < -0.4 is 5.32 Å². The lowest BCUT2D eigenvalue weighted by Gasteiger charge is -2.63. The van der Waals surface area contributed by atoms with Crippen molar-refractivity contribution in [3.05, 3.63) is 52.8 Å². The number of aromatic hydroxyl groups is 1. The number of aliphatic hydroxyl groups is 1. The molecule has 2 aliphatic heterocycles. The molecule has 6 heteroatoms. The summed E-state index contributed by atoms with van der Waals surface area (Å²) >= 11 is 0. The largest absolute Gasteiger partial charge is 0.506 e. The molecule has 2 fully saturated rings. The first kappa shape index (κ1) is 17.0. The van der Waals surface area contributed by atoms with Crippen LogP contribution >= 0.6 is 0 Å². The molecule has 4 N–H and O–H groups in total. The molecule has 0 radical (unpaired) electrons. The molecule has 2 bridgehead atoms. The van der Waals surface area contributed by atoms with Crippen molar-refractivity contribution in [2.45, 2.75) is 55.2 Å². The average Bonchev–Trinajstić information content (AvgIpc) is 3.40. The minimum Gasteiger partial charge on any atom is -0.506 e. The van der Waals surface area contributed by atoms with E-state index >= 15 is 0 Å². The number of nitrogens with one attached hydrogen (secondary N) is 2. The van der Waals surface area contributed by atoms with Gasteiger partial charge in [0.1, 0.15) is 11.4 Å². The van der Waals surface area contributed by atoms with E-state index < -0.39 is 11.0 Å². The zero-order valence-corrected chi connectivity index (χ0v) is 17.4. The quantitative estimate of drug-likeness (QED) is 0.485. The van der Waals surface area contributed by atoms with E-state index in [1.807, 2.05) is 18.3 Å². The Bertz CT molecular complexity index is 1280. The van der Waals surface area contributed by atoms with E-state index in [4.69, 9.17) is 0 Å². The number of rotatable bonds is 2. The van der Waals surface area contributed by atoms with Gasteiger partial charge in [0, 0.05) is 36.3 Å². The molecule has 4 heterocycles. The van der Waals surface area contributed by atoms with Crippen molar-refractivity contribution in [1.29, 1.82) is 0 Å². The number of aromatic amines is 1. The maximum Gasteiger partial charge on any atom is 0.139 e. The molecule has 3 aliphatic carbocycles. The Hall–Kier alpha value is -2.57. The summed E-state index contributed by atoms with van der Waals surface area (Å²) in [7, 11) is 0. The smallest absolute Gasteiger partial charge is 0.139 e. The minimum atomic E-state index is -0.873. The summed E-state index contributed by atoms with van der Waals surface area (Å²) in [6.07, 6.45) is 6.84. The molecule has 8 rings (SSSR count). The fraction of sp³-hybridized carbons (Fsp3) is 0.480. The number of benzene rings is 1. The number of hydrogen-bond acceptors (Lipinski definition) is 5. The summed E-state index contributed by atoms with van der Waals surface area (Å²) in [4.78, 5) is 10.8. The first-order valence-electron chi connectivity index (χ1n) is 11.6. The second-order valence-electron chi connectivity index (χ2n) is 10.5. The van der Waals surface area contributed by atoms with Crippen molar-refractivity contribution in [2.75, 3.05) is 18.4 Å². The van der Waals surface area contributed by atoms with Gasteiger partial charge < -0.3 is 20.5 Å². The summed E-state index contributed by atoms with van der Waals surface area (Å²) in [6.45, 7) is 2.10. The SMILES string of the molecule is Oc1ccc2c3c1N[C@H]1c4[nH]c5ncccc5c4C[C@@]4(O)[C@H](C2)N(CC2CC2)CC[C@]314. The summed E-state index contributed by atoms with van der Waals surface area (Å²) < 4.78 is 0. The maximum absolute atomic E-state index is 12.7. The monoisotopic (exact) mass is 414 g/mol. The van der Waals surface area contributed by atoms with Crippen LogP contribution in [-0.2, 0) is 18.3 Å². The van der Waals surface area contributed by atoms with Gasteiger partial charge in [-0.1, -0.05) is 6.07 Å². The molecule has 158 valence electrons. The van der Waals surface area contributed by atoms with Gasteiger partial charge in [-0.15, -0.1) is 0 Å². The highest BCUT2D eigenvalue weighted by atomic mass is 16.3. The third-order valence-electron chi connectivity index (χ3n) is 9.10. The third kappa shape index (κ3) is 1.83. The van der Waals surface area contributed by atoms with Gasteiger partial charge in [-0.2, -0.15) is 0 Å². The number of piperidine rings is 1. The van der Waals surface area contributed by atoms with Crippen LogP contribution in [0, 0.1) is 5.92 Å². The molecule has 4 atom stereocenters. The molecule has 6 nitrogen and oxygen atoms in total. The normalized spacial score (nSPS) is 35.0. The molecule has 1 saturated heterocycles. The summed E-state index contributed by atoms with van der Waals surface area (Å²) in [5.74, 6) is 1.09. The number of H-pyrrole nitrogens is 1. The molecular weight excluding hydrogens is 388 g/mol. The van der Waals surface area contributed by atoms with Crippen molar-refractivity contribution in [3.8, 4) is 5.75 Å². The number of fused-ring (bicyclic) bond motifs is 4. The van der Waals surface area contributed by atoms with Crippen molar-refractivity contribution in [3.63, 3.8) is 0 Å². The predicted octanol–water partition coefficient (Wildman–Crippen LogP) is 3.00. The summed E-state index contributed by atoms with van der Waals surface area (Å²) in [5, 5.41) is 28.3. The first-order chi connectivity index (χ1) is 15.1. The minimum absolute atomic E-state index is 0.0802. The number of phenolic OH excluding ortho intramolecular Hbond substituents is 1. The van der Waals surface area contributed by atoms with Crippen LogP contribution in [0.2, 0.25) is 0 Å². The Kier molecular flexibility index (Phi) is 2.88. The van der Waals surface area contributed by atoms with E-state index in [0.29, 0.717) is 12.2 Å². The molecule has 31 heavy (non-hydrogen) atoms. The number of hydrogen-bond donors (Lipinski definition) is 4. The third-order valence-corrected chi connectivity index (χ3v) is 9.10. The Balaban J connectivity index is 1.43. The van der Waals surface area contributed by atoms with Crippen LogP contribution in [0.15, 0.2) is 30.5 Å². The highest BCUT2D eigenvalue weighted by Crippen LogP contribution is 2.68. The zero-order chi connectivity index (χ0) is 20.5. The van der Waals surface area contributed by atoms with Gasteiger partial charge in [0.15, 0.2) is 0 Å². The number of likely N-dealkylation sites (tertiary alicyclic amines) is 1. The van der Waals surface area contributed by atoms with Crippen LogP contribution in [0.1, 0.15) is 47.7 Å². The highest BCUT2D eigenvalue weighted by molar-refractivity contribution is 5.85.